The van der Waals surface area contributed by atoms with Crippen LogP contribution in [0, 0.1) is 13.8 Å². The van der Waals surface area contributed by atoms with E-state index in [0.29, 0.717) is 6.42 Å². The Morgan fingerprint density at radius 1 is 1.39 bits per heavy atom. The molecule has 0 fully saturated rings. The van der Waals surface area contributed by atoms with Gasteiger partial charge in [-0.1, -0.05) is 6.07 Å². The van der Waals surface area contributed by atoms with Gasteiger partial charge in [-0.25, -0.2) is 0 Å². The van der Waals surface area contributed by atoms with E-state index in [1.54, 1.807) is 18.7 Å². The Morgan fingerprint density at radius 3 is 2.61 bits per heavy atom. The fraction of sp³-hybridized carbons (Fsp3) is 0.500. The van der Waals surface area contributed by atoms with Crippen LogP contribution in [-0.4, -0.2) is 22.4 Å². The van der Waals surface area contributed by atoms with Gasteiger partial charge in [0.15, 0.2) is 0 Å². The summed E-state index contributed by atoms with van der Waals surface area (Å²) in [6.07, 6.45) is 1.30. The number of aliphatic carboxylic acids is 1. The first kappa shape index (κ1) is 15.1. The quantitative estimate of drug-likeness (QED) is 0.614. The Kier molecular flexibility index (Phi) is 5.23. The van der Waals surface area contributed by atoms with Gasteiger partial charge in [-0.3, -0.25) is 4.79 Å². The highest BCUT2D eigenvalue weighted by atomic mass is 32.2. The third kappa shape index (κ3) is 4.35. The molecular formula is C14H21NO2S. The van der Waals surface area contributed by atoms with Crippen molar-refractivity contribution < 1.29 is 9.90 Å². The fourth-order valence-corrected chi connectivity index (χ4v) is 2.49. The van der Waals surface area contributed by atoms with E-state index in [2.05, 4.69) is 32.0 Å². The molecule has 4 heteroatoms. The molecule has 0 spiro atoms. The lowest BCUT2D eigenvalue weighted by molar-refractivity contribution is -0.142. The highest BCUT2D eigenvalue weighted by Gasteiger charge is 2.26. The van der Waals surface area contributed by atoms with Gasteiger partial charge in [0.25, 0.3) is 0 Å². The van der Waals surface area contributed by atoms with Gasteiger partial charge >= 0.3 is 5.97 Å². The molecule has 1 aromatic rings. The summed E-state index contributed by atoms with van der Waals surface area (Å²) in [5, 5.41) is 8.89. The zero-order valence-electron chi connectivity index (χ0n) is 11.2. The van der Waals surface area contributed by atoms with Crippen molar-refractivity contribution in [1.82, 2.24) is 0 Å². The number of benzene rings is 1. The van der Waals surface area contributed by atoms with Crippen LogP contribution in [0.1, 0.15) is 30.9 Å². The van der Waals surface area contributed by atoms with E-state index in [9.17, 15) is 4.79 Å². The summed E-state index contributed by atoms with van der Waals surface area (Å²) < 4.78 is 0. The van der Waals surface area contributed by atoms with Crippen LogP contribution in [0.15, 0.2) is 23.1 Å². The van der Waals surface area contributed by atoms with Crippen molar-refractivity contribution in [1.29, 1.82) is 0 Å². The number of carboxylic acid groups (broad SMARTS) is 1. The second-order valence-electron chi connectivity index (χ2n) is 4.92. The lowest BCUT2D eigenvalue weighted by Gasteiger charge is -2.18. The summed E-state index contributed by atoms with van der Waals surface area (Å²) in [6.45, 7) is 5.76. The van der Waals surface area contributed by atoms with Crippen molar-refractivity contribution in [3.05, 3.63) is 29.3 Å². The molecule has 0 aliphatic heterocycles. The van der Waals surface area contributed by atoms with E-state index in [-0.39, 0.29) is 0 Å². The largest absolute Gasteiger partial charge is 0.480 e. The summed E-state index contributed by atoms with van der Waals surface area (Å²) in [5.74, 6) is -0.0403. The third-order valence-electron chi connectivity index (χ3n) is 3.08. The second-order valence-corrected chi connectivity index (χ2v) is 6.09. The Balaban J connectivity index is 2.38. The maximum absolute atomic E-state index is 10.8. The van der Waals surface area contributed by atoms with Gasteiger partial charge in [-0.2, -0.15) is 0 Å². The van der Waals surface area contributed by atoms with Crippen LogP contribution in [0.25, 0.3) is 0 Å². The molecule has 0 aliphatic rings. The van der Waals surface area contributed by atoms with Crippen molar-refractivity contribution in [2.75, 3.05) is 5.75 Å². The monoisotopic (exact) mass is 267 g/mol. The smallest absolute Gasteiger partial charge is 0.323 e. The van der Waals surface area contributed by atoms with E-state index >= 15 is 0 Å². The van der Waals surface area contributed by atoms with Crippen molar-refractivity contribution in [3.63, 3.8) is 0 Å². The van der Waals surface area contributed by atoms with Crippen LogP contribution >= 0.6 is 11.8 Å². The molecule has 18 heavy (non-hydrogen) atoms. The van der Waals surface area contributed by atoms with Crippen molar-refractivity contribution in [2.45, 2.75) is 44.0 Å². The van der Waals surface area contributed by atoms with Crippen molar-refractivity contribution in [2.24, 2.45) is 5.73 Å². The molecule has 0 heterocycles. The van der Waals surface area contributed by atoms with Crippen molar-refractivity contribution in [3.8, 4) is 0 Å². The maximum atomic E-state index is 10.8. The normalized spacial score (nSPS) is 14.2. The summed E-state index contributed by atoms with van der Waals surface area (Å²) >= 11 is 1.75. The van der Waals surface area contributed by atoms with Gasteiger partial charge in [-0.05, 0) is 62.6 Å². The zero-order chi connectivity index (χ0) is 13.8. The highest BCUT2D eigenvalue weighted by molar-refractivity contribution is 7.99. The molecule has 0 saturated heterocycles. The third-order valence-corrected chi connectivity index (χ3v) is 4.16. The summed E-state index contributed by atoms with van der Waals surface area (Å²) in [4.78, 5) is 12.1. The minimum Gasteiger partial charge on any atom is -0.480 e. The SMILES string of the molecule is Cc1ccc(SCCCC(C)(N)C(=O)O)cc1C. The number of nitrogens with two attached hydrogens (primary N) is 1. The Labute approximate surface area is 113 Å². The van der Waals surface area contributed by atoms with Crippen LogP contribution < -0.4 is 5.73 Å². The molecule has 0 aromatic heterocycles. The number of thioether (sulfide) groups is 1. The Bertz CT molecular complexity index is 430. The molecule has 0 saturated carbocycles. The number of hydrogen-bond donors (Lipinski definition) is 2. The molecule has 3 N–H and O–H groups in total. The second kappa shape index (κ2) is 6.25. The first-order valence-corrected chi connectivity index (χ1v) is 7.04. The first-order chi connectivity index (χ1) is 8.33. The molecule has 1 aromatic carbocycles. The molecular weight excluding hydrogens is 246 g/mol. The minimum absolute atomic E-state index is 0.500. The average Bonchev–Trinajstić information content (AvgIpc) is 2.29. The summed E-state index contributed by atoms with van der Waals surface area (Å²) in [5.41, 5.74) is 7.14. The van der Waals surface area contributed by atoms with Gasteiger partial charge in [0, 0.05) is 4.90 Å². The number of carbonyl (C=O) groups is 1. The topological polar surface area (TPSA) is 63.3 Å². The molecule has 1 atom stereocenters. The molecule has 0 radical (unpaired) electrons. The number of rotatable bonds is 6. The van der Waals surface area contributed by atoms with Gasteiger partial charge < -0.3 is 10.8 Å². The highest BCUT2D eigenvalue weighted by Crippen LogP contribution is 2.23. The number of aryl methyl sites for hydroxylation is 2. The Morgan fingerprint density at radius 2 is 2.06 bits per heavy atom. The summed E-state index contributed by atoms with van der Waals surface area (Å²) in [7, 11) is 0. The van der Waals surface area contributed by atoms with E-state index in [4.69, 9.17) is 10.8 Å². The maximum Gasteiger partial charge on any atom is 0.323 e. The predicted molar refractivity (Wildman–Crippen MR) is 76.1 cm³/mol. The number of carboxylic acids is 1. The van der Waals surface area contributed by atoms with Gasteiger partial charge in [-0.15, -0.1) is 11.8 Å². The molecule has 0 amide bonds. The molecule has 100 valence electrons. The van der Waals surface area contributed by atoms with Crippen LogP contribution in [0.2, 0.25) is 0 Å². The van der Waals surface area contributed by atoms with E-state index in [1.807, 2.05) is 0 Å². The zero-order valence-corrected chi connectivity index (χ0v) is 12.0. The Hall–Kier alpha value is -1.00. The van der Waals surface area contributed by atoms with Crippen molar-refractivity contribution >= 4 is 17.7 Å². The predicted octanol–water partition coefficient (Wildman–Crippen LogP) is 2.98. The fourth-order valence-electron chi connectivity index (χ4n) is 1.54. The lowest BCUT2D eigenvalue weighted by Crippen LogP contribution is -2.44. The molecule has 1 unspecified atom stereocenters. The molecule has 1 rings (SSSR count). The minimum atomic E-state index is -1.11. The number of hydrogen-bond acceptors (Lipinski definition) is 3. The van der Waals surface area contributed by atoms with E-state index in [0.717, 1.165) is 12.2 Å². The average molecular weight is 267 g/mol. The van der Waals surface area contributed by atoms with Crippen LogP contribution in [0.3, 0.4) is 0 Å². The van der Waals surface area contributed by atoms with E-state index < -0.39 is 11.5 Å². The summed E-state index contributed by atoms with van der Waals surface area (Å²) in [6, 6.07) is 6.38. The van der Waals surface area contributed by atoms with Gasteiger partial charge in [0.05, 0.1) is 0 Å². The van der Waals surface area contributed by atoms with Gasteiger partial charge in [0.2, 0.25) is 0 Å². The van der Waals surface area contributed by atoms with Crippen LogP contribution in [0.5, 0.6) is 0 Å². The molecule has 0 bridgehead atoms. The molecule has 0 aliphatic carbocycles. The van der Waals surface area contributed by atoms with Crippen LogP contribution in [-0.2, 0) is 4.79 Å². The standard InChI is InChI=1S/C14H21NO2S/c1-10-5-6-12(9-11(10)2)18-8-4-7-14(3,15)13(16)17/h5-6,9H,4,7-8,15H2,1-3H3,(H,16,17). The molecule has 3 nitrogen and oxygen atoms in total. The van der Waals surface area contributed by atoms with Gasteiger partial charge in [0.1, 0.15) is 5.54 Å². The lowest BCUT2D eigenvalue weighted by atomic mass is 9.98. The van der Waals surface area contributed by atoms with E-state index in [1.165, 1.54) is 16.0 Å². The first-order valence-electron chi connectivity index (χ1n) is 6.05. The van der Waals surface area contributed by atoms with Crippen LogP contribution in [0.4, 0.5) is 0 Å².